The van der Waals surface area contributed by atoms with Crippen molar-refractivity contribution in [1.29, 1.82) is 0 Å². The Hall–Kier alpha value is -2.28. The number of carbonyl (C=O) groups excluding carboxylic acids is 2. The summed E-state index contributed by atoms with van der Waals surface area (Å²) < 4.78 is 17.9. The van der Waals surface area contributed by atoms with Crippen LogP contribution < -0.4 is 14.8 Å². The molecule has 0 bridgehead atoms. The van der Waals surface area contributed by atoms with Gasteiger partial charge in [-0.1, -0.05) is 36.2 Å². The number of esters is 1. The summed E-state index contributed by atoms with van der Waals surface area (Å²) in [6, 6.07) is 3.75. The van der Waals surface area contributed by atoms with Crippen LogP contribution >= 0.6 is 15.9 Å². The van der Waals surface area contributed by atoms with Crippen molar-refractivity contribution in [3.8, 4) is 11.5 Å². The zero-order chi connectivity index (χ0) is 23.3. The monoisotopic (exact) mass is 515 g/mol. The highest BCUT2D eigenvalue weighted by Crippen LogP contribution is 2.50. The van der Waals surface area contributed by atoms with Gasteiger partial charge in [0.2, 0.25) is 6.79 Å². The van der Waals surface area contributed by atoms with Crippen molar-refractivity contribution in [1.82, 2.24) is 5.32 Å². The summed E-state index contributed by atoms with van der Waals surface area (Å²) in [6.07, 6.45) is 6.25. The highest BCUT2D eigenvalue weighted by molar-refractivity contribution is 9.10. The van der Waals surface area contributed by atoms with Crippen molar-refractivity contribution in [3.63, 3.8) is 0 Å². The highest BCUT2D eigenvalue weighted by atomic mass is 79.9. The molecule has 1 N–H and O–H groups in total. The fourth-order valence-electron chi connectivity index (χ4n) is 5.57. The Morgan fingerprint density at radius 2 is 1.82 bits per heavy atom. The minimum absolute atomic E-state index is 0.0660. The number of benzene rings is 1. The summed E-state index contributed by atoms with van der Waals surface area (Å²) in [6.45, 7) is 6.27. The van der Waals surface area contributed by atoms with Crippen LogP contribution in [0.1, 0.15) is 77.2 Å². The van der Waals surface area contributed by atoms with Gasteiger partial charge in [0.15, 0.2) is 17.3 Å². The Morgan fingerprint density at radius 1 is 1.12 bits per heavy atom. The predicted molar refractivity (Wildman–Crippen MR) is 127 cm³/mol. The lowest BCUT2D eigenvalue weighted by Gasteiger charge is -2.40. The van der Waals surface area contributed by atoms with Gasteiger partial charge in [-0.05, 0) is 62.1 Å². The minimum Gasteiger partial charge on any atom is -0.459 e. The van der Waals surface area contributed by atoms with Crippen LogP contribution in [-0.4, -0.2) is 24.6 Å². The average molecular weight is 516 g/mol. The average Bonchev–Trinajstić information content (AvgIpc) is 3.19. The van der Waals surface area contributed by atoms with Gasteiger partial charge in [-0.25, -0.2) is 4.79 Å². The molecule has 0 radical (unpaired) electrons. The third-order valence-corrected chi connectivity index (χ3v) is 7.78. The van der Waals surface area contributed by atoms with E-state index >= 15 is 0 Å². The van der Waals surface area contributed by atoms with E-state index in [1.807, 2.05) is 19.1 Å². The van der Waals surface area contributed by atoms with Gasteiger partial charge in [0.25, 0.3) is 0 Å². The SMILES string of the molecule is CC1=C(C(=O)OC2CCCCC2)[C@@H](c2cc3c(cc2Br)OCO3)C2=C(CC(C)(C)CC2=O)N1. The van der Waals surface area contributed by atoms with E-state index in [0.717, 1.165) is 53.5 Å². The number of ketones is 1. The summed E-state index contributed by atoms with van der Waals surface area (Å²) >= 11 is 3.67. The number of fused-ring (bicyclic) bond motifs is 1. The fraction of sp³-hybridized carbons (Fsp3) is 0.538. The van der Waals surface area contributed by atoms with Gasteiger partial charge in [-0.3, -0.25) is 4.79 Å². The number of rotatable bonds is 3. The molecule has 4 aliphatic rings. The van der Waals surface area contributed by atoms with E-state index in [0.29, 0.717) is 29.1 Å². The first-order valence-corrected chi connectivity index (χ1v) is 12.6. The molecule has 2 aliphatic heterocycles. The Balaban J connectivity index is 1.60. The molecule has 1 atom stereocenters. The maximum Gasteiger partial charge on any atom is 0.337 e. The molecule has 2 aliphatic carbocycles. The molecular weight excluding hydrogens is 486 g/mol. The van der Waals surface area contributed by atoms with Gasteiger partial charge in [-0.2, -0.15) is 0 Å². The topological polar surface area (TPSA) is 73.9 Å². The molecule has 0 saturated heterocycles. The molecule has 1 saturated carbocycles. The molecule has 0 aromatic heterocycles. The fourth-order valence-corrected chi connectivity index (χ4v) is 6.12. The lowest BCUT2D eigenvalue weighted by atomic mass is 9.68. The van der Waals surface area contributed by atoms with Crippen molar-refractivity contribution in [2.24, 2.45) is 5.41 Å². The van der Waals surface area contributed by atoms with E-state index in [1.165, 1.54) is 6.42 Å². The predicted octanol–water partition coefficient (Wildman–Crippen LogP) is 5.66. The van der Waals surface area contributed by atoms with Crippen LogP contribution in [0.4, 0.5) is 0 Å². The van der Waals surface area contributed by atoms with E-state index in [9.17, 15) is 9.59 Å². The quantitative estimate of drug-likeness (QED) is 0.523. The number of carbonyl (C=O) groups is 2. The number of nitrogens with one attached hydrogen (secondary N) is 1. The van der Waals surface area contributed by atoms with Crippen LogP contribution in [-0.2, 0) is 14.3 Å². The first-order chi connectivity index (χ1) is 15.7. The molecule has 1 aromatic carbocycles. The number of ether oxygens (including phenoxy) is 3. The maximum absolute atomic E-state index is 13.6. The van der Waals surface area contributed by atoms with Crippen LogP contribution in [0.25, 0.3) is 0 Å². The van der Waals surface area contributed by atoms with E-state index in [2.05, 4.69) is 35.1 Å². The number of Topliss-reactive ketones (excluding diaryl/α,β-unsaturated/α-hetero) is 1. The number of halogens is 1. The largest absolute Gasteiger partial charge is 0.459 e. The molecular formula is C26H30BrNO5. The molecule has 2 heterocycles. The summed E-state index contributed by atoms with van der Waals surface area (Å²) in [4.78, 5) is 27.1. The molecule has 1 fully saturated rings. The number of hydrogen-bond acceptors (Lipinski definition) is 6. The zero-order valence-corrected chi connectivity index (χ0v) is 21.0. The van der Waals surface area contributed by atoms with Gasteiger partial charge >= 0.3 is 5.97 Å². The van der Waals surface area contributed by atoms with Crippen LogP contribution in [0.15, 0.2) is 39.1 Å². The summed E-state index contributed by atoms with van der Waals surface area (Å²) in [5.74, 6) is 0.473. The third-order valence-electron chi connectivity index (χ3n) is 7.09. The lowest BCUT2D eigenvalue weighted by molar-refractivity contribution is -0.146. The van der Waals surface area contributed by atoms with Crippen molar-refractivity contribution in [2.45, 2.75) is 77.7 Å². The Bertz CT molecular complexity index is 1080. The van der Waals surface area contributed by atoms with E-state index in [4.69, 9.17) is 14.2 Å². The second-order valence-electron chi connectivity index (χ2n) is 10.3. The summed E-state index contributed by atoms with van der Waals surface area (Å²) in [7, 11) is 0. The van der Waals surface area contributed by atoms with Crippen molar-refractivity contribution in [3.05, 3.63) is 44.7 Å². The normalized spacial score (nSPS) is 24.5. The van der Waals surface area contributed by atoms with Crippen LogP contribution in [0.3, 0.4) is 0 Å². The first-order valence-electron chi connectivity index (χ1n) is 11.8. The van der Waals surface area contributed by atoms with Crippen molar-refractivity contribution in [2.75, 3.05) is 6.79 Å². The standard InChI is InChI=1S/C26H30BrNO5/c1-14-22(25(30)33-15-7-5-4-6-8-15)23(16-9-20-21(10-17(16)27)32-13-31-20)24-18(28-14)11-26(2,3)12-19(24)29/h9-10,15,23,28H,4-8,11-13H2,1-3H3/t23-/m1/s1. The van der Waals surface area contributed by atoms with Gasteiger partial charge in [0.05, 0.1) is 5.57 Å². The minimum atomic E-state index is -0.523. The zero-order valence-electron chi connectivity index (χ0n) is 19.4. The van der Waals surface area contributed by atoms with Crippen LogP contribution in [0, 0.1) is 5.41 Å². The van der Waals surface area contributed by atoms with Gasteiger partial charge in [0, 0.05) is 33.8 Å². The number of hydrogen-bond donors (Lipinski definition) is 1. The molecule has 7 heteroatoms. The second kappa shape index (κ2) is 8.49. The molecule has 6 nitrogen and oxygen atoms in total. The summed E-state index contributed by atoms with van der Waals surface area (Å²) in [5, 5.41) is 3.41. The third kappa shape index (κ3) is 4.20. The van der Waals surface area contributed by atoms with E-state index in [1.54, 1.807) is 0 Å². The molecule has 0 amide bonds. The molecule has 0 unspecified atom stereocenters. The summed E-state index contributed by atoms with van der Waals surface area (Å²) in [5.41, 5.74) is 3.49. The number of dihydropyridines is 1. The van der Waals surface area contributed by atoms with Gasteiger partial charge in [0.1, 0.15) is 6.10 Å². The highest BCUT2D eigenvalue weighted by Gasteiger charge is 2.44. The molecule has 33 heavy (non-hydrogen) atoms. The lowest BCUT2D eigenvalue weighted by Crippen LogP contribution is -2.39. The molecule has 5 rings (SSSR count). The Labute approximate surface area is 202 Å². The van der Waals surface area contributed by atoms with Crippen molar-refractivity contribution < 1.29 is 23.8 Å². The van der Waals surface area contributed by atoms with Crippen LogP contribution in [0.5, 0.6) is 11.5 Å². The Kier molecular flexibility index (Phi) is 5.79. The molecule has 0 spiro atoms. The molecule has 176 valence electrons. The van der Waals surface area contributed by atoms with E-state index < -0.39 is 5.92 Å². The molecule has 1 aromatic rings. The maximum atomic E-state index is 13.6. The van der Waals surface area contributed by atoms with E-state index in [-0.39, 0.29) is 30.1 Å². The van der Waals surface area contributed by atoms with Gasteiger partial charge in [-0.15, -0.1) is 0 Å². The number of allylic oxidation sites excluding steroid dienone is 3. The van der Waals surface area contributed by atoms with Gasteiger partial charge < -0.3 is 19.5 Å². The smallest absolute Gasteiger partial charge is 0.337 e. The first kappa shape index (κ1) is 22.5. The van der Waals surface area contributed by atoms with Crippen LogP contribution in [0.2, 0.25) is 0 Å². The second-order valence-corrected chi connectivity index (χ2v) is 11.2. The Morgan fingerprint density at radius 3 is 2.55 bits per heavy atom. The van der Waals surface area contributed by atoms with Crippen molar-refractivity contribution >= 4 is 27.7 Å².